The summed E-state index contributed by atoms with van der Waals surface area (Å²) in [5.74, 6) is 6.70. The fraction of sp³-hybridized carbons (Fsp3) is 0.600. The topological polar surface area (TPSA) is 80.0 Å². The van der Waals surface area contributed by atoms with E-state index in [0.29, 0.717) is 23.1 Å². The minimum absolute atomic E-state index is 0.100. The average molecular weight is 276 g/mol. The molecule has 0 saturated heterocycles. The van der Waals surface area contributed by atoms with Gasteiger partial charge < -0.3 is 10.7 Å². The second-order valence-electron chi connectivity index (χ2n) is 6.10. The Morgan fingerprint density at radius 2 is 1.95 bits per heavy atom. The summed E-state index contributed by atoms with van der Waals surface area (Å²) in [6.07, 6.45) is 4.91. The van der Waals surface area contributed by atoms with Crippen LogP contribution in [-0.4, -0.2) is 16.9 Å². The molecule has 1 aliphatic rings. The van der Waals surface area contributed by atoms with Crippen LogP contribution in [0.15, 0.2) is 12.3 Å². The van der Waals surface area contributed by atoms with E-state index in [1.807, 2.05) is 6.92 Å². The third-order valence-corrected chi connectivity index (χ3v) is 3.95. The number of hydrazine groups is 1. The molecule has 1 heterocycles. The molecule has 2 unspecified atom stereocenters. The first kappa shape index (κ1) is 14.8. The molecule has 1 saturated carbocycles. The molecule has 1 amide bonds. The molecular formula is C15H24N4O. The molecule has 1 aromatic rings. The summed E-state index contributed by atoms with van der Waals surface area (Å²) in [7, 11) is 0. The molecule has 5 nitrogen and oxygen atoms in total. The smallest absolute Gasteiger partial charge is 0.255 e. The standard InChI is InChI=1S/C15H24N4O/c1-9-4-10(2)6-12(5-9)18-15(20)13-8-17-11(3)7-14(13)19-16/h7-10,12H,4-6,16H2,1-3H3,(H,17,19)(H,18,20). The van der Waals surface area contributed by atoms with Gasteiger partial charge in [-0.1, -0.05) is 13.8 Å². The quantitative estimate of drug-likeness (QED) is 0.584. The second kappa shape index (κ2) is 6.22. The molecule has 2 atom stereocenters. The van der Waals surface area contributed by atoms with Gasteiger partial charge in [0.15, 0.2) is 0 Å². The van der Waals surface area contributed by atoms with Gasteiger partial charge in [0.05, 0.1) is 11.3 Å². The van der Waals surface area contributed by atoms with Crippen LogP contribution >= 0.6 is 0 Å². The van der Waals surface area contributed by atoms with E-state index < -0.39 is 0 Å². The SMILES string of the molecule is Cc1cc(NN)c(C(=O)NC2CC(C)CC(C)C2)cn1. The van der Waals surface area contributed by atoms with Gasteiger partial charge in [0, 0.05) is 17.9 Å². The fourth-order valence-corrected chi connectivity index (χ4v) is 3.19. The number of amides is 1. The number of aryl methyl sites for hydroxylation is 1. The first-order chi connectivity index (χ1) is 9.49. The summed E-state index contributed by atoms with van der Waals surface area (Å²) in [5.41, 5.74) is 4.52. The fourth-order valence-electron chi connectivity index (χ4n) is 3.19. The number of carbonyl (C=O) groups excluding carboxylic acids is 1. The number of nitrogen functional groups attached to an aromatic ring is 1. The van der Waals surface area contributed by atoms with Crippen molar-refractivity contribution >= 4 is 11.6 Å². The highest BCUT2D eigenvalue weighted by atomic mass is 16.1. The van der Waals surface area contributed by atoms with E-state index in [-0.39, 0.29) is 11.9 Å². The summed E-state index contributed by atoms with van der Waals surface area (Å²) in [4.78, 5) is 16.5. The molecule has 5 heteroatoms. The van der Waals surface area contributed by atoms with Crippen LogP contribution in [0.4, 0.5) is 5.69 Å². The van der Waals surface area contributed by atoms with Crippen LogP contribution in [-0.2, 0) is 0 Å². The van der Waals surface area contributed by atoms with Gasteiger partial charge in [-0.05, 0) is 44.1 Å². The van der Waals surface area contributed by atoms with Crippen LogP contribution in [0, 0.1) is 18.8 Å². The lowest BCUT2D eigenvalue weighted by Gasteiger charge is -2.32. The third kappa shape index (κ3) is 3.48. The van der Waals surface area contributed by atoms with Crippen molar-refractivity contribution in [1.82, 2.24) is 10.3 Å². The zero-order chi connectivity index (χ0) is 14.7. The highest BCUT2D eigenvalue weighted by Crippen LogP contribution is 2.28. The van der Waals surface area contributed by atoms with Gasteiger partial charge in [0.2, 0.25) is 0 Å². The Morgan fingerprint density at radius 3 is 2.55 bits per heavy atom. The van der Waals surface area contributed by atoms with Gasteiger partial charge in [0.25, 0.3) is 5.91 Å². The lowest BCUT2D eigenvalue weighted by atomic mass is 9.80. The van der Waals surface area contributed by atoms with Crippen molar-refractivity contribution in [2.75, 3.05) is 5.43 Å². The summed E-state index contributed by atoms with van der Waals surface area (Å²) in [6.45, 7) is 6.36. The molecule has 4 N–H and O–H groups in total. The van der Waals surface area contributed by atoms with E-state index in [1.54, 1.807) is 12.3 Å². The number of carbonyl (C=O) groups is 1. The molecule has 0 radical (unpaired) electrons. The highest BCUT2D eigenvalue weighted by molar-refractivity contribution is 5.99. The number of hydrogen-bond acceptors (Lipinski definition) is 4. The van der Waals surface area contributed by atoms with Crippen molar-refractivity contribution in [3.8, 4) is 0 Å². The summed E-state index contributed by atoms with van der Waals surface area (Å²) in [6, 6.07) is 2.02. The largest absolute Gasteiger partial charge is 0.349 e. The number of hydrogen-bond donors (Lipinski definition) is 3. The van der Waals surface area contributed by atoms with Crippen LogP contribution in [0.2, 0.25) is 0 Å². The predicted octanol–water partition coefficient (Wildman–Crippen LogP) is 2.23. The van der Waals surface area contributed by atoms with E-state index in [2.05, 4.69) is 29.6 Å². The Morgan fingerprint density at radius 1 is 1.30 bits per heavy atom. The zero-order valence-electron chi connectivity index (χ0n) is 12.4. The summed E-state index contributed by atoms with van der Waals surface area (Å²) >= 11 is 0. The first-order valence-corrected chi connectivity index (χ1v) is 7.23. The summed E-state index contributed by atoms with van der Waals surface area (Å²) in [5, 5.41) is 3.12. The van der Waals surface area contributed by atoms with Crippen molar-refractivity contribution in [3.63, 3.8) is 0 Å². The van der Waals surface area contributed by atoms with Crippen molar-refractivity contribution in [1.29, 1.82) is 0 Å². The Balaban J connectivity index is 2.08. The highest BCUT2D eigenvalue weighted by Gasteiger charge is 2.26. The minimum Gasteiger partial charge on any atom is -0.349 e. The second-order valence-corrected chi connectivity index (χ2v) is 6.10. The van der Waals surface area contributed by atoms with Gasteiger partial charge in [-0.15, -0.1) is 0 Å². The van der Waals surface area contributed by atoms with Crippen molar-refractivity contribution < 1.29 is 4.79 Å². The monoisotopic (exact) mass is 276 g/mol. The van der Waals surface area contributed by atoms with Gasteiger partial charge in [-0.25, -0.2) is 0 Å². The lowest BCUT2D eigenvalue weighted by molar-refractivity contribution is 0.0911. The molecule has 1 aromatic heterocycles. The molecule has 1 aliphatic carbocycles. The van der Waals surface area contributed by atoms with Crippen molar-refractivity contribution in [2.24, 2.45) is 17.7 Å². The molecule has 20 heavy (non-hydrogen) atoms. The van der Waals surface area contributed by atoms with Crippen LogP contribution in [0.25, 0.3) is 0 Å². The van der Waals surface area contributed by atoms with Gasteiger partial charge >= 0.3 is 0 Å². The average Bonchev–Trinajstić information content (AvgIpc) is 2.37. The third-order valence-electron chi connectivity index (χ3n) is 3.95. The Labute approximate surface area is 120 Å². The van der Waals surface area contributed by atoms with Crippen LogP contribution in [0.5, 0.6) is 0 Å². The molecule has 0 aromatic carbocycles. The summed E-state index contributed by atoms with van der Waals surface area (Å²) < 4.78 is 0. The molecular weight excluding hydrogens is 252 g/mol. The Bertz CT molecular complexity index is 479. The maximum atomic E-state index is 12.4. The number of aromatic nitrogens is 1. The van der Waals surface area contributed by atoms with E-state index in [4.69, 9.17) is 5.84 Å². The number of rotatable bonds is 3. The molecule has 1 fully saturated rings. The van der Waals surface area contributed by atoms with E-state index in [1.165, 1.54) is 6.42 Å². The van der Waals surface area contributed by atoms with E-state index in [0.717, 1.165) is 18.5 Å². The van der Waals surface area contributed by atoms with E-state index in [9.17, 15) is 4.79 Å². The Hall–Kier alpha value is -1.62. The maximum Gasteiger partial charge on any atom is 0.255 e. The van der Waals surface area contributed by atoms with Crippen LogP contribution < -0.4 is 16.6 Å². The van der Waals surface area contributed by atoms with Crippen molar-refractivity contribution in [2.45, 2.75) is 46.1 Å². The first-order valence-electron chi connectivity index (χ1n) is 7.23. The maximum absolute atomic E-state index is 12.4. The van der Waals surface area contributed by atoms with Crippen LogP contribution in [0.3, 0.4) is 0 Å². The molecule has 0 aliphatic heterocycles. The van der Waals surface area contributed by atoms with Crippen LogP contribution in [0.1, 0.15) is 49.2 Å². The molecule has 0 spiro atoms. The van der Waals surface area contributed by atoms with Crippen molar-refractivity contribution in [3.05, 3.63) is 23.5 Å². The minimum atomic E-state index is -0.100. The Kier molecular flexibility index (Phi) is 4.60. The number of nitrogens with one attached hydrogen (secondary N) is 2. The van der Waals surface area contributed by atoms with Gasteiger partial charge in [-0.2, -0.15) is 0 Å². The van der Waals surface area contributed by atoms with E-state index >= 15 is 0 Å². The molecule has 2 rings (SSSR count). The number of pyridine rings is 1. The van der Waals surface area contributed by atoms with Gasteiger partial charge in [0.1, 0.15) is 0 Å². The number of nitrogens with zero attached hydrogens (tertiary/aromatic N) is 1. The predicted molar refractivity (Wildman–Crippen MR) is 80.2 cm³/mol. The lowest BCUT2D eigenvalue weighted by Crippen LogP contribution is -2.40. The number of nitrogens with two attached hydrogens (primary N) is 1. The molecule has 110 valence electrons. The van der Waals surface area contributed by atoms with Gasteiger partial charge in [-0.3, -0.25) is 15.6 Å². The number of anilines is 1. The molecule has 0 bridgehead atoms. The zero-order valence-corrected chi connectivity index (χ0v) is 12.4. The normalized spacial score (nSPS) is 26.1.